The van der Waals surface area contributed by atoms with Gasteiger partial charge in [0.05, 0.1) is 23.3 Å². The van der Waals surface area contributed by atoms with Crippen LogP contribution in [-0.2, 0) is 9.53 Å². The molecule has 1 rings (SSSR count). The number of carbonyl (C=O) groups excluding carboxylic acids is 2. The van der Waals surface area contributed by atoms with E-state index in [4.69, 9.17) is 0 Å². The van der Waals surface area contributed by atoms with Crippen molar-refractivity contribution in [1.29, 1.82) is 0 Å². The van der Waals surface area contributed by atoms with Crippen LogP contribution in [0.15, 0.2) is 12.1 Å². The van der Waals surface area contributed by atoms with E-state index in [1.807, 2.05) is 0 Å². The van der Waals surface area contributed by atoms with E-state index >= 15 is 0 Å². The molecule has 18 heavy (non-hydrogen) atoms. The number of esters is 1. The molecule has 7 nitrogen and oxygen atoms in total. The number of hydrogen-bond donors (Lipinski definition) is 1. The largest absolute Gasteiger partial charge is 0.469 e. The van der Waals surface area contributed by atoms with Crippen LogP contribution in [0.2, 0.25) is 0 Å². The third-order valence-corrected chi connectivity index (χ3v) is 3.11. The van der Waals surface area contributed by atoms with Crippen molar-refractivity contribution >= 4 is 28.2 Å². The summed E-state index contributed by atoms with van der Waals surface area (Å²) in [6, 6.07) is 2.25. The maximum atomic E-state index is 11.7. The Kier molecular flexibility index (Phi) is 4.78. The second-order valence-corrected chi connectivity index (χ2v) is 4.61. The Hall–Kier alpha value is -1.96. The number of nitrogens with one attached hydrogen (secondary N) is 1. The minimum atomic E-state index is -0.556. The molecular weight excluding hydrogens is 260 g/mol. The molecule has 1 unspecified atom stereocenters. The lowest BCUT2D eigenvalue weighted by atomic mass is 10.2. The first kappa shape index (κ1) is 14.1. The highest BCUT2D eigenvalue weighted by molar-refractivity contribution is 7.17. The smallest absolute Gasteiger partial charge is 0.324 e. The third-order valence-electron chi connectivity index (χ3n) is 2.07. The molecule has 8 heteroatoms. The zero-order valence-corrected chi connectivity index (χ0v) is 10.7. The molecule has 0 aliphatic rings. The topological polar surface area (TPSA) is 98.5 Å². The molecule has 1 heterocycles. The van der Waals surface area contributed by atoms with Crippen molar-refractivity contribution in [2.24, 2.45) is 0 Å². The Morgan fingerprint density at radius 3 is 2.72 bits per heavy atom. The minimum Gasteiger partial charge on any atom is -0.469 e. The average molecular weight is 272 g/mol. The van der Waals surface area contributed by atoms with Crippen molar-refractivity contribution in [3.05, 3.63) is 27.1 Å². The van der Waals surface area contributed by atoms with Crippen molar-refractivity contribution in [2.75, 3.05) is 7.11 Å². The molecule has 98 valence electrons. The predicted octanol–water partition coefficient (Wildman–Crippen LogP) is 1.34. The molecule has 0 bridgehead atoms. The first-order valence-corrected chi connectivity index (χ1v) is 5.87. The van der Waals surface area contributed by atoms with Gasteiger partial charge in [-0.15, -0.1) is 0 Å². The van der Waals surface area contributed by atoms with Crippen LogP contribution >= 0.6 is 11.3 Å². The maximum Gasteiger partial charge on any atom is 0.324 e. The van der Waals surface area contributed by atoms with Crippen LogP contribution in [0.1, 0.15) is 23.0 Å². The number of carbonyl (C=O) groups is 2. The summed E-state index contributed by atoms with van der Waals surface area (Å²) in [5.41, 5.74) is 0. The Morgan fingerprint density at radius 1 is 1.56 bits per heavy atom. The molecule has 0 fully saturated rings. The lowest BCUT2D eigenvalue weighted by molar-refractivity contribution is -0.380. The van der Waals surface area contributed by atoms with Crippen LogP contribution in [0, 0.1) is 10.1 Å². The third kappa shape index (κ3) is 3.81. The SMILES string of the molecule is COC(=O)CC(C)NC(=O)c1ccc([N+](=O)[O-])s1. The van der Waals surface area contributed by atoms with Crippen LogP contribution < -0.4 is 5.32 Å². The second kappa shape index (κ2) is 6.10. The predicted molar refractivity (Wildman–Crippen MR) is 64.5 cm³/mol. The molecule has 0 aliphatic heterocycles. The van der Waals surface area contributed by atoms with E-state index in [2.05, 4.69) is 10.1 Å². The van der Waals surface area contributed by atoms with E-state index in [9.17, 15) is 19.7 Å². The van der Waals surface area contributed by atoms with E-state index in [0.29, 0.717) is 0 Å². The quantitative estimate of drug-likeness (QED) is 0.495. The Bertz CT molecular complexity index is 471. The molecule has 1 atom stereocenters. The van der Waals surface area contributed by atoms with Crippen LogP contribution in [0.3, 0.4) is 0 Å². The first-order valence-electron chi connectivity index (χ1n) is 5.06. The number of hydrogen-bond acceptors (Lipinski definition) is 6. The van der Waals surface area contributed by atoms with E-state index in [1.165, 1.54) is 19.2 Å². The van der Waals surface area contributed by atoms with E-state index in [0.717, 1.165) is 11.3 Å². The summed E-state index contributed by atoms with van der Waals surface area (Å²) in [6.45, 7) is 1.65. The molecular formula is C10H12N2O5S. The molecule has 1 N–H and O–H groups in total. The molecule has 0 aliphatic carbocycles. The summed E-state index contributed by atoms with van der Waals surface area (Å²) in [4.78, 5) is 32.8. The summed E-state index contributed by atoms with van der Waals surface area (Å²) in [5, 5.41) is 12.9. The molecule has 0 spiro atoms. The number of amides is 1. The Labute approximate surface area is 107 Å². The first-order chi connectivity index (χ1) is 8.43. The van der Waals surface area contributed by atoms with E-state index in [-0.39, 0.29) is 16.3 Å². The van der Waals surface area contributed by atoms with Gasteiger partial charge >= 0.3 is 11.0 Å². The standard InChI is InChI=1S/C10H12N2O5S/c1-6(5-9(13)17-2)11-10(14)7-3-4-8(18-7)12(15)16/h3-4,6H,5H2,1-2H3,(H,11,14). The van der Waals surface area contributed by atoms with Crippen molar-refractivity contribution in [1.82, 2.24) is 5.32 Å². The molecule has 1 aromatic heterocycles. The highest BCUT2D eigenvalue weighted by atomic mass is 32.1. The minimum absolute atomic E-state index is 0.0513. The van der Waals surface area contributed by atoms with Gasteiger partial charge < -0.3 is 10.1 Å². The van der Waals surface area contributed by atoms with Crippen molar-refractivity contribution in [2.45, 2.75) is 19.4 Å². The molecule has 0 radical (unpaired) electrons. The van der Waals surface area contributed by atoms with Crippen molar-refractivity contribution in [3.63, 3.8) is 0 Å². The number of methoxy groups -OCH3 is 1. The van der Waals surface area contributed by atoms with Crippen LogP contribution in [0.4, 0.5) is 5.00 Å². The maximum absolute atomic E-state index is 11.7. The summed E-state index contributed by atoms with van der Waals surface area (Å²) < 4.78 is 4.47. The number of nitro groups is 1. The summed E-state index contributed by atoms with van der Waals surface area (Å²) >= 11 is 0.788. The monoisotopic (exact) mass is 272 g/mol. The highest BCUT2D eigenvalue weighted by Gasteiger charge is 2.18. The van der Waals surface area contributed by atoms with E-state index in [1.54, 1.807) is 6.92 Å². The van der Waals surface area contributed by atoms with Gasteiger partial charge in [-0.2, -0.15) is 0 Å². The van der Waals surface area contributed by atoms with Crippen LogP contribution in [0.5, 0.6) is 0 Å². The van der Waals surface area contributed by atoms with Crippen molar-refractivity contribution in [3.8, 4) is 0 Å². The number of rotatable bonds is 5. The fraction of sp³-hybridized carbons (Fsp3) is 0.400. The van der Waals surface area contributed by atoms with Gasteiger partial charge in [0.15, 0.2) is 0 Å². The molecule has 0 saturated carbocycles. The highest BCUT2D eigenvalue weighted by Crippen LogP contribution is 2.23. The number of ether oxygens (including phenoxy) is 1. The van der Waals surface area contributed by atoms with Crippen LogP contribution in [0.25, 0.3) is 0 Å². The van der Waals surface area contributed by atoms with Gasteiger partial charge in [0, 0.05) is 12.1 Å². The summed E-state index contributed by atoms with van der Waals surface area (Å²) in [7, 11) is 1.26. The van der Waals surface area contributed by atoms with Gasteiger partial charge in [-0.3, -0.25) is 19.7 Å². The zero-order chi connectivity index (χ0) is 13.7. The molecule has 1 aromatic rings. The fourth-order valence-corrected chi connectivity index (χ4v) is 1.95. The molecule has 1 amide bonds. The molecule has 0 aromatic carbocycles. The van der Waals surface area contributed by atoms with Crippen molar-refractivity contribution < 1.29 is 19.2 Å². The second-order valence-electron chi connectivity index (χ2n) is 3.55. The van der Waals surface area contributed by atoms with E-state index < -0.39 is 22.8 Å². The van der Waals surface area contributed by atoms with Crippen LogP contribution in [-0.4, -0.2) is 30.0 Å². The number of nitrogens with zero attached hydrogens (tertiary/aromatic N) is 1. The fourth-order valence-electron chi connectivity index (χ4n) is 1.23. The normalized spacial score (nSPS) is 11.7. The lowest BCUT2D eigenvalue weighted by Gasteiger charge is -2.11. The summed E-state index contributed by atoms with van der Waals surface area (Å²) in [5.74, 6) is -0.871. The molecule has 0 saturated heterocycles. The van der Waals surface area contributed by atoms with Gasteiger partial charge in [0.2, 0.25) is 0 Å². The Morgan fingerprint density at radius 2 is 2.22 bits per heavy atom. The lowest BCUT2D eigenvalue weighted by Crippen LogP contribution is -2.34. The van der Waals surface area contributed by atoms with Gasteiger partial charge in [0.25, 0.3) is 5.91 Å². The Balaban J connectivity index is 2.59. The van der Waals surface area contributed by atoms with Gasteiger partial charge in [-0.25, -0.2) is 0 Å². The number of thiophene rings is 1. The zero-order valence-electron chi connectivity index (χ0n) is 9.84. The van der Waals surface area contributed by atoms with Gasteiger partial charge in [-0.1, -0.05) is 11.3 Å². The average Bonchev–Trinajstić information content (AvgIpc) is 2.77. The summed E-state index contributed by atoms with van der Waals surface area (Å²) in [6.07, 6.45) is 0.0513. The van der Waals surface area contributed by atoms with Gasteiger partial charge in [-0.05, 0) is 13.0 Å². The van der Waals surface area contributed by atoms with Gasteiger partial charge in [0.1, 0.15) is 0 Å².